The summed E-state index contributed by atoms with van der Waals surface area (Å²) in [5.74, 6) is 0. The maximum Gasteiger partial charge on any atom is 0.0426 e. The van der Waals surface area contributed by atoms with Gasteiger partial charge >= 0.3 is 0 Å². The van der Waals surface area contributed by atoms with Crippen molar-refractivity contribution in [2.24, 2.45) is 0 Å². The second-order valence-corrected chi connectivity index (χ2v) is 4.89. The molecule has 80 valence electrons. The van der Waals surface area contributed by atoms with Crippen molar-refractivity contribution < 1.29 is 0 Å². The molecule has 0 bridgehead atoms. The lowest BCUT2D eigenvalue weighted by Gasteiger charge is -2.20. The van der Waals surface area contributed by atoms with Crippen LogP contribution in [-0.2, 0) is 6.54 Å². The van der Waals surface area contributed by atoms with E-state index in [0.29, 0.717) is 0 Å². The van der Waals surface area contributed by atoms with Gasteiger partial charge in [-0.25, -0.2) is 0 Å². The predicted octanol–water partition coefficient (Wildman–Crippen LogP) is 2.73. The average molecular weight is 223 g/mol. The van der Waals surface area contributed by atoms with Gasteiger partial charge in [-0.3, -0.25) is 4.90 Å². The standard InChI is InChI=1S/C12H15ClN2/c13-10-4-3-9-8-15-5-1-2-11(15)7-14-12(9)6-10/h3-4,6,11,14H,1-2,5,7-8H2. The molecule has 2 aliphatic heterocycles. The number of halogens is 1. The van der Waals surface area contributed by atoms with Crippen molar-refractivity contribution in [2.75, 3.05) is 18.4 Å². The highest BCUT2D eigenvalue weighted by Crippen LogP contribution is 2.29. The lowest BCUT2D eigenvalue weighted by atomic mass is 10.1. The van der Waals surface area contributed by atoms with Crippen LogP contribution in [0.2, 0.25) is 5.02 Å². The summed E-state index contributed by atoms with van der Waals surface area (Å²) in [4.78, 5) is 2.58. The summed E-state index contributed by atoms with van der Waals surface area (Å²) >= 11 is 6.00. The zero-order valence-corrected chi connectivity index (χ0v) is 9.43. The smallest absolute Gasteiger partial charge is 0.0426 e. The fourth-order valence-electron chi connectivity index (χ4n) is 2.63. The van der Waals surface area contributed by atoms with Crippen molar-refractivity contribution in [1.82, 2.24) is 4.90 Å². The van der Waals surface area contributed by atoms with Crippen LogP contribution in [-0.4, -0.2) is 24.0 Å². The van der Waals surface area contributed by atoms with Gasteiger partial charge in [-0.15, -0.1) is 0 Å². The molecule has 0 saturated carbocycles. The maximum absolute atomic E-state index is 6.00. The summed E-state index contributed by atoms with van der Waals surface area (Å²) < 4.78 is 0. The largest absolute Gasteiger partial charge is 0.383 e. The molecule has 1 N–H and O–H groups in total. The summed E-state index contributed by atoms with van der Waals surface area (Å²) in [6.45, 7) is 3.38. The minimum atomic E-state index is 0.719. The first-order chi connectivity index (χ1) is 7.33. The van der Waals surface area contributed by atoms with Gasteiger partial charge in [-0.1, -0.05) is 17.7 Å². The number of nitrogens with zero attached hydrogens (tertiary/aromatic N) is 1. The number of nitrogens with one attached hydrogen (secondary N) is 1. The molecule has 0 aliphatic carbocycles. The quantitative estimate of drug-likeness (QED) is 0.726. The molecule has 2 aliphatic rings. The van der Waals surface area contributed by atoms with Gasteiger partial charge in [0.05, 0.1) is 0 Å². The lowest BCUT2D eigenvalue weighted by molar-refractivity contribution is 0.259. The molecule has 1 aromatic rings. The Kier molecular flexibility index (Phi) is 2.33. The van der Waals surface area contributed by atoms with Crippen LogP contribution in [0.5, 0.6) is 0 Å². The molecule has 2 nitrogen and oxygen atoms in total. The Balaban J connectivity index is 1.93. The van der Waals surface area contributed by atoms with Crippen LogP contribution in [0, 0.1) is 0 Å². The van der Waals surface area contributed by atoms with Gasteiger partial charge in [-0.2, -0.15) is 0 Å². The Morgan fingerprint density at radius 1 is 1.40 bits per heavy atom. The topological polar surface area (TPSA) is 15.3 Å². The summed E-state index contributed by atoms with van der Waals surface area (Å²) in [6, 6.07) is 6.89. The molecule has 3 heteroatoms. The van der Waals surface area contributed by atoms with Crippen LogP contribution in [0.1, 0.15) is 18.4 Å². The summed E-state index contributed by atoms with van der Waals surface area (Å²) in [6.07, 6.45) is 2.67. The molecule has 1 aromatic carbocycles. The van der Waals surface area contributed by atoms with Crippen molar-refractivity contribution in [3.05, 3.63) is 28.8 Å². The van der Waals surface area contributed by atoms with E-state index < -0.39 is 0 Å². The molecule has 0 amide bonds. The highest BCUT2D eigenvalue weighted by atomic mass is 35.5. The highest BCUT2D eigenvalue weighted by Gasteiger charge is 2.27. The molecule has 0 radical (unpaired) electrons. The number of benzene rings is 1. The number of rotatable bonds is 0. The number of hydrogen-bond donors (Lipinski definition) is 1. The average Bonchev–Trinajstić information content (AvgIpc) is 2.59. The fourth-order valence-corrected chi connectivity index (χ4v) is 2.80. The highest BCUT2D eigenvalue weighted by molar-refractivity contribution is 6.30. The van der Waals surface area contributed by atoms with E-state index in [9.17, 15) is 0 Å². The van der Waals surface area contributed by atoms with Crippen LogP contribution in [0.3, 0.4) is 0 Å². The van der Waals surface area contributed by atoms with E-state index in [1.165, 1.54) is 30.6 Å². The van der Waals surface area contributed by atoms with Crippen LogP contribution in [0.25, 0.3) is 0 Å². The molecule has 15 heavy (non-hydrogen) atoms. The molecule has 1 atom stereocenters. The molecule has 0 spiro atoms. The van der Waals surface area contributed by atoms with Gasteiger partial charge in [0.2, 0.25) is 0 Å². The second kappa shape index (κ2) is 3.69. The monoisotopic (exact) mass is 222 g/mol. The summed E-state index contributed by atoms with van der Waals surface area (Å²) in [7, 11) is 0. The van der Waals surface area contributed by atoms with E-state index in [0.717, 1.165) is 24.2 Å². The molecule has 1 saturated heterocycles. The first-order valence-corrected chi connectivity index (χ1v) is 5.97. The van der Waals surface area contributed by atoms with E-state index in [4.69, 9.17) is 11.6 Å². The van der Waals surface area contributed by atoms with Crippen LogP contribution >= 0.6 is 11.6 Å². The van der Waals surface area contributed by atoms with Crippen molar-refractivity contribution in [3.8, 4) is 0 Å². The summed E-state index contributed by atoms with van der Waals surface area (Å²) in [5, 5.41) is 4.33. The van der Waals surface area contributed by atoms with Gasteiger partial charge in [0.25, 0.3) is 0 Å². The number of hydrogen-bond acceptors (Lipinski definition) is 2. The molecular formula is C12H15ClN2. The normalized spacial score (nSPS) is 25.3. The Bertz CT molecular complexity index is 378. The minimum Gasteiger partial charge on any atom is -0.383 e. The Morgan fingerprint density at radius 3 is 3.27 bits per heavy atom. The third kappa shape index (κ3) is 1.72. The molecule has 2 heterocycles. The lowest BCUT2D eigenvalue weighted by Crippen LogP contribution is -2.31. The Hall–Kier alpha value is -0.730. The van der Waals surface area contributed by atoms with E-state index in [1.807, 2.05) is 12.1 Å². The third-order valence-electron chi connectivity index (χ3n) is 3.47. The van der Waals surface area contributed by atoms with Crippen LogP contribution < -0.4 is 5.32 Å². The molecule has 1 fully saturated rings. The van der Waals surface area contributed by atoms with Gasteiger partial charge in [0.1, 0.15) is 0 Å². The number of fused-ring (bicyclic) bond motifs is 2. The zero-order valence-electron chi connectivity index (χ0n) is 8.67. The van der Waals surface area contributed by atoms with Gasteiger partial charge in [0, 0.05) is 29.8 Å². The third-order valence-corrected chi connectivity index (χ3v) is 3.71. The number of anilines is 1. The second-order valence-electron chi connectivity index (χ2n) is 4.45. The van der Waals surface area contributed by atoms with E-state index >= 15 is 0 Å². The molecular weight excluding hydrogens is 208 g/mol. The van der Waals surface area contributed by atoms with Gasteiger partial charge < -0.3 is 5.32 Å². The van der Waals surface area contributed by atoms with Gasteiger partial charge in [-0.05, 0) is 37.1 Å². The van der Waals surface area contributed by atoms with Crippen molar-refractivity contribution in [1.29, 1.82) is 0 Å². The predicted molar refractivity (Wildman–Crippen MR) is 63.4 cm³/mol. The summed E-state index contributed by atoms with van der Waals surface area (Å²) in [5.41, 5.74) is 2.60. The van der Waals surface area contributed by atoms with E-state index in [1.54, 1.807) is 0 Å². The fraction of sp³-hybridized carbons (Fsp3) is 0.500. The Morgan fingerprint density at radius 2 is 2.33 bits per heavy atom. The van der Waals surface area contributed by atoms with Crippen molar-refractivity contribution in [3.63, 3.8) is 0 Å². The first kappa shape index (κ1) is 9.49. The molecule has 0 aromatic heterocycles. The molecule has 3 rings (SSSR count). The van der Waals surface area contributed by atoms with Crippen molar-refractivity contribution in [2.45, 2.75) is 25.4 Å². The van der Waals surface area contributed by atoms with Crippen LogP contribution in [0.15, 0.2) is 18.2 Å². The minimum absolute atomic E-state index is 0.719. The van der Waals surface area contributed by atoms with Crippen LogP contribution in [0.4, 0.5) is 5.69 Å². The zero-order chi connectivity index (χ0) is 10.3. The Labute approximate surface area is 95.2 Å². The van der Waals surface area contributed by atoms with E-state index in [-0.39, 0.29) is 0 Å². The molecule has 1 unspecified atom stereocenters. The maximum atomic E-state index is 6.00. The first-order valence-electron chi connectivity index (χ1n) is 5.59. The SMILES string of the molecule is Clc1ccc2c(c1)NCC1CCCN1C2. The van der Waals surface area contributed by atoms with Crippen molar-refractivity contribution >= 4 is 17.3 Å². The van der Waals surface area contributed by atoms with Gasteiger partial charge in [0.15, 0.2) is 0 Å². The van der Waals surface area contributed by atoms with E-state index in [2.05, 4.69) is 16.3 Å².